The van der Waals surface area contributed by atoms with Crippen LogP contribution < -0.4 is 11.1 Å². The fourth-order valence-corrected chi connectivity index (χ4v) is 1.88. The van der Waals surface area contributed by atoms with Crippen molar-refractivity contribution in [1.29, 1.82) is 0 Å². The molecule has 0 aliphatic carbocycles. The summed E-state index contributed by atoms with van der Waals surface area (Å²) in [5, 5.41) is 7.12. The number of nitrogen functional groups attached to an aromatic ring is 1. The van der Waals surface area contributed by atoms with Gasteiger partial charge in [-0.05, 0) is 18.2 Å². The maximum atomic E-state index is 12.0. The molecule has 1 heterocycles. The zero-order valence-corrected chi connectivity index (χ0v) is 10.6. The third kappa shape index (κ3) is 2.46. The van der Waals surface area contributed by atoms with Gasteiger partial charge in [0.25, 0.3) is 5.91 Å². The van der Waals surface area contributed by atoms with Crippen LogP contribution in [-0.4, -0.2) is 15.7 Å². The van der Waals surface area contributed by atoms with Crippen molar-refractivity contribution in [3.8, 4) is 0 Å². The molecule has 18 heavy (non-hydrogen) atoms. The van der Waals surface area contributed by atoms with Crippen molar-refractivity contribution in [3.05, 3.63) is 46.7 Å². The number of aryl methyl sites for hydroxylation is 1. The van der Waals surface area contributed by atoms with E-state index < -0.39 is 0 Å². The van der Waals surface area contributed by atoms with Gasteiger partial charge in [0, 0.05) is 18.9 Å². The lowest BCUT2D eigenvalue weighted by Gasteiger charge is -2.09. The Balaban J connectivity index is 2.11. The Morgan fingerprint density at radius 2 is 2.28 bits per heavy atom. The fourth-order valence-electron chi connectivity index (χ4n) is 1.61. The van der Waals surface area contributed by atoms with Crippen molar-refractivity contribution in [3.63, 3.8) is 0 Å². The van der Waals surface area contributed by atoms with E-state index in [0.29, 0.717) is 22.8 Å². The third-order valence-corrected chi connectivity index (χ3v) is 2.94. The van der Waals surface area contributed by atoms with Crippen molar-refractivity contribution in [2.24, 2.45) is 7.05 Å². The highest BCUT2D eigenvalue weighted by Gasteiger charge is 2.13. The van der Waals surface area contributed by atoms with Gasteiger partial charge in [-0.2, -0.15) is 5.10 Å². The Morgan fingerprint density at radius 3 is 2.89 bits per heavy atom. The van der Waals surface area contributed by atoms with Crippen LogP contribution in [0.4, 0.5) is 5.69 Å². The first-order chi connectivity index (χ1) is 8.59. The minimum absolute atomic E-state index is 0.292. The molecule has 0 fully saturated rings. The molecule has 0 aliphatic heterocycles. The van der Waals surface area contributed by atoms with Gasteiger partial charge in [-0.3, -0.25) is 9.48 Å². The second kappa shape index (κ2) is 5.10. The predicted molar refractivity (Wildman–Crippen MR) is 70.2 cm³/mol. The summed E-state index contributed by atoms with van der Waals surface area (Å²) < 4.78 is 1.69. The van der Waals surface area contributed by atoms with Crippen LogP contribution >= 0.6 is 11.6 Å². The van der Waals surface area contributed by atoms with Crippen LogP contribution in [0.15, 0.2) is 30.5 Å². The summed E-state index contributed by atoms with van der Waals surface area (Å²) in [6.45, 7) is 0.375. The normalized spacial score (nSPS) is 10.3. The van der Waals surface area contributed by atoms with Crippen LogP contribution in [0.3, 0.4) is 0 Å². The summed E-state index contributed by atoms with van der Waals surface area (Å²) >= 11 is 5.96. The fraction of sp³-hybridized carbons (Fsp3) is 0.167. The molecule has 5 nitrogen and oxygen atoms in total. The van der Waals surface area contributed by atoms with Gasteiger partial charge in [0.2, 0.25) is 0 Å². The van der Waals surface area contributed by atoms with Gasteiger partial charge in [-0.25, -0.2) is 0 Å². The Hall–Kier alpha value is -2.01. The van der Waals surface area contributed by atoms with E-state index in [0.717, 1.165) is 5.69 Å². The summed E-state index contributed by atoms with van der Waals surface area (Å²) in [5.74, 6) is -0.292. The lowest BCUT2D eigenvalue weighted by atomic mass is 10.1. The van der Waals surface area contributed by atoms with Crippen molar-refractivity contribution in [1.82, 2.24) is 15.1 Å². The maximum absolute atomic E-state index is 12.0. The molecule has 3 N–H and O–H groups in total. The molecule has 0 atom stereocenters. The topological polar surface area (TPSA) is 72.9 Å². The molecule has 0 unspecified atom stereocenters. The van der Waals surface area contributed by atoms with Gasteiger partial charge in [0.1, 0.15) is 0 Å². The number of rotatable bonds is 3. The second-order valence-corrected chi connectivity index (χ2v) is 4.24. The van der Waals surface area contributed by atoms with Gasteiger partial charge in [-0.1, -0.05) is 17.7 Å². The van der Waals surface area contributed by atoms with Gasteiger partial charge in [-0.15, -0.1) is 0 Å². The van der Waals surface area contributed by atoms with E-state index in [4.69, 9.17) is 17.3 Å². The lowest BCUT2D eigenvalue weighted by Crippen LogP contribution is -2.25. The molecule has 0 radical (unpaired) electrons. The maximum Gasteiger partial charge on any atom is 0.255 e. The summed E-state index contributed by atoms with van der Waals surface area (Å²) in [4.78, 5) is 12.0. The number of aromatic nitrogens is 2. The first-order valence-electron chi connectivity index (χ1n) is 5.38. The highest BCUT2D eigenvalue weighted by molar-refractivity contribution is 6.34. The van der Waals surface area contributed by atoms with Crippen LogP contribution in [0.5, 0.6) is 0 Å². The molecule has 2 aromatic rings. The minimum atomic E-state index is -0.292. The van der Waals surface area contributed by atoms with Crippen molar-refractivity contribution in [2.45, 2.75) is 6.54 Å². The van der Waals surface area contributed by atoms with Crippen LogP contribution in [0, 0.1) is 0 Å². The average molecular weight is 265 g/mol. The largest absolute Gasteiger partial charge is 0.398 e. The van der Waals surface area contributed by atoms with Gasteiger partial charge >= 0.3 is 0 Å². The number of amides is 1. The number of hydrogen-bond donors (Lipinski definition) is 2. The van der Waals surface area contributed by atoms with E-state index in [-0.39, 0.29) is 5.91 Å². The number of benzene rings is 1. The minimum Gasteiger partial charge on any atom is -0.398 e. The zero-order chi connectivity index (χ0) is 13.1. The zero-order valence-electron chi connectivity index (χ0n) is 9.85. The van der Waals surface area contributed by atoms with Crippen molar-refractivity contribution in [2.75, 3.05) is 5.73 Å². The predicted octanol–water partition coefficient (Wildman–Crippen LogP) is 1.59. The molecular formula is C12H13ClN4O. The molecule has 0 saturated heterocycles. The molecule has 94 valence electrons. The number of carbonyl (C=O) groups is 1. The smallest absolute Gasteiger partial charge is 0.255 e. The molecule has 1 amide bonds. The van der Waals surface area contributed by atoms with E-state index in [2.05, 4.69) is 10.4 Å². The number of carbonyl (C=O) groups excluding carboxylic acids is 1. The van der Waals surface area contributed by atoms with Crippen molar-refractivity contribution >= 4 is 23.2 Å². The molecular weight excluding hydrogens is 252 g/mol. The molecule has 0 bridgehead atoms. The second-order valence-electron chi connectivity index (χ2n) is 3.83. The number of halogens is 1. The number of hydrogen-bond acceptors (Lipinski definition) is 3. The standard InChI is InChI=1S/C12H13ClN4O/c1-17-8(5-6-16-17)7-15-12(18)11-9(13)3-2-4-10(11)14/h2-6H,7,14H2,1H3,(H,15,18). The van der Waals surface area contributed by atoms with E-state index in [1.165, 1.54) is 0 Å². The van der Waals surface area contributed by atoms with Gasteiger partial charge < -0.3 is 11.1 Å². The van der Waals surface area contributed by atoms with Gasteiger partial charge in [0.15, 0.2) is 0 Å². The number of anilines is 1. The van der Waals surface area contributed by atoms with E-state index >= 15 is 0 Å². The Labute approximate surface area is 110 Å². The van der Waals surface area contributed by atoms with Crippen LogP contribution in [0.2, 0.25) is 5.02 Å². The highest BCUT2D eigenvalue weighted by Crippen LogP contribution is 2.21. The lowest BCUT2D eigenvalue weighted by molar-refractivity contribution is 0.0951. The summed E-state index contributed by atoms with van der Waals surface area (Å²) in [6.07, 6.45) is 1.67. The SMILES string of the molecule is Cn1nccc1CNC(=O)c1c(N)cccc1Cl. The Bertz CT molecular complexity index is 559. The van der Waals surface area contributed by atoms with Gasteiger partial charge in [0.05, 0.1) is 22.8 Å². The molecule has 1 aromatic heterocycles. The number of nitrogens with one attached hydrogen (secondary N) is 1. The van der Waals surface area contributed by atoms with Crippen LogP contribution in [-0.2, 0) is 13.6 Å². The summed E-state index contributed by atoms with van der Waals surface area (Å²) in [5.41, 5.74) is 7.31. The number of nitrogens with two attached hydrogens (primary N) is 1. The summed E-state index contributed by atoms with van der Waals surface area (Å²) in [7, 11) is 1.81. The molecule has 1 aromatic carbocycles. The van der Waals surface area contributed by atoms with Crippen molar-refractivity contribution < 1.29 is 4.79 Å². The highest BCUT2D eigenvalue weighted by atomic mass is 35.5. The van der Waals surface area contributed by atoms with Crippen LogP contribution in [0.25, 0.3) is 0 Å². The first-order valence-corrected chi connectivity index (χ1v) is 5.76. The molecule has 6 heteroatoms. The first kappa shape index (κ1) is 12.4. The van der Waals surface area contributed by atoms with E-state index in [1.807, 2.05) is 13.1 Å². The van der Waals surface area contributed by atoms with Crippen LogP contribution in [0.1, 0.15) is 16.1 Å². The molecule has 2 rings (SSSR count). The monoisotopic (exact) mass is 264 g/mol. The molecule has 0 aliphatic rings. The third-order valence-electron chi connectivity index (χ3n) is 2.63. The van der Waals surface area contributed by atoms with E-state index in [9.17, 15) is 4.79 Å². The number of nitrogens with zero attached hydrogens (tertiary/aromatic N) is 2. The molecule has 0 saturated carbocycles. The van der Waals surface area contributed by atoms with E-state index in [1.54, 1.807) is 29.1 Å². The quantitative estimate of drug-likeness (QED) is 0.827. The molecule has 0 spiro atoms. The average Bonchev–Trinajstić information content (AvgIpc) is 2.72. The Morgan fingerprint density at radius 1 is 1.50 bits per heavy atom. The summed E-state index contributed by atoms with van der Waals surface area (Å²) in [6, 6.07) is 6.81. The Kier molecular flexibility index (Phi) is 3.53.